The monoisotopic (exact) mass is 299 g/mol. The summed E-state index contributed by atoms with van der Waals surface area (Å²) in [6.45, 7) is 0. The van der Waals surface area contributed by atoms with E-state index in [1.165, 1.54) is 28.2 Å². The van der Waals surface area contributed by atoms with Crippen molar-refractivity contribution in [3.05, 3.63) is 63.7 Å². The first kappa shape index (κ1) is 13.2. The van der Waals surface area contributed by atoms with Crippen molar-refractivity contribution in [3.63, 3.8) is 0 Å². The smallest absolute Gasteiger partial charge is 0.271 e. The Labute approximate surface area is 123 Å². The molecule has 0 radical (unpaired) electrons. The summed E-state index contributed by atoms with van der Waals surface area (Å²) in [6, 6.07) is 9.86. The van der Waals surface area contributed by atoms with Crippen molar-refractivity contribution in [1.29, 1.82) is 0 Å². The van der Waals surface area contributed by atoms with Crippen LogP contribution in [0.4, 0.5) is 5.69 Å². The fourth-order valence-electron chi connectivity index (χ4n) is 1.96. The third kappa shape index (κ3) is 2.46. The van der Waals surface area contributed by atoms with Crippen LogP contribution < -0.4 is 0 Å². The molecule has 3 rings (SSSR count). The third-order valence-electron chi connectivity index (χ3n) is 2.93. The van der Waals surface area contributed by atoms with Crippen molar-refractivity contribution in [2.45, 2.75) is 0 Å². The summed E-state index contributed by atoms with van der Waals surface area (Å²) in [5.41, 5.74) is 1.54. The summed E-state index contributed by atoms with van der Waals surface area (Å²) in [4.78, 5) is 22.4. The van der Waals surface area contributed by atoms with Crippen molar-refractivity contribution in [2.24, 2.45) is 0 Å². The second kappa shape index (κ2) is 5.29. The molecular formula is C14H9N3O3S. The van der Waals surface area contributed by atoms with Gasteiger partial charge in [-0.3, -0.25) is 14.9 Å². The lowest BCUT2D eigenvalue weighted by molar-refractivity contribution is -0.384. The number of hydrogen-bond donors (Lipinski definition) is 0. The summed E-state index contributed by atoms with van der Waals surface area (Å²) in [5.74, 6) is 0. The number of carbonyl (C=O) groups is 1. The van der Waals surface area contributed by atoms with Gasteiger partial charge in [-0.05, 0) is 17.5 Å². The highest BCUT2D eigenvalue weighted by Crippen LogP contribution is 2.27. The van der Waals surface area contributed by atoms with Gasteiger partial charge in [-0.25, -0.2) is 4.68 Å². The molecule has 0 N–H and O–H groups in total. The van der Waals surface area contributed by atoms with Gasteiger partial charge >= 0.3 is 0 Å². The molecule has 6 nitrogen and oxygen atoms in total. The van der Waals surface area contributed by atoms with Crippen molar-refractivity contribution in [1.82, 2.24) is 9.78 Å². The maximum absolute atomic E-state index is 11.2. The van der Waals surface area contributed by atoms with Crippen LogP contribution in [-0.2, 0) is 0 Å². The van der Waals surface area contributed by atoms with Crippen molar-refractivity contribution >= 4 is 23.3 Å². The minimum absolute atomic E-state index is 0.0201. The number of thiophene rings is 1. The highest BCUT2D eigenvalue weighted by atomic mass is 32.1. The molecule has 2 aromatic heterocycles. The van der Waals surface area contributed by atoms with Crippen LogP contribution in [0.25, 0.3) is 16.3 Å². The molecule has 0 aliphatic carbocycles. The Hall–Kier alpha value is -2.80. The first-order valence-electron chi connectivity index (χ1n) is 6.02. The maximum atomic E-state index is 11.2. The van der Waals surface area contributed by atoms with Gasteiger partial charge in [0.2, 0.25) is 0 Å². The average Bonchev–Trinajstić information content (AvgIpc) is 3.16. The molecule has 104 valence electrons. The fraction of sp³-hybridized carbons (Fsp3) is 0. The Bertz CT molecular complexity index is 809. The van der Waals surface area contributed by atoms with E-state index in [2.05, 4.69) is 5.10 Å². The van der Waals surface area contributed by atoms with Crippen LogP contribution in [0.1, 0.15) is 10.4 Å². The molecule has 0 fully saturated rings. The standard InChI is InChI=1S/C14H9N3O3S/c18-9-10-8-16(15-14(10)13-5-2-6-21-13)11-3-1-4-12(7-11)17(19)20/h1-9H. The van der Waals surface area contributed by atoms with E-state index in [-0.39, 0.29) is 5.69 Å². The van der Waals surface area contributed by atoms with Gasteiger partial charge in [-0.2, -0.15) is 5.10 Å². The predicted octanol–water partition coefficient (Wildman–Crippen LogP) is 3.32. The maximum Gasteiger partial charge on any atom is 0.271 e. The zero-order chi connectivity index (χ0) is 14.8. The number of carbonyl (C=O) groups excluding carboxylic acids is 1. The molecule has 2 heterocycles. The number of benzene rings is 1. The highest BCUT2D eigenvalue weighted by molar-refractivity contribution is 7.13. The van der Waals surface area contributed by atoms with Crippen molar-refractivity contribution in [3.8, 4) is 16.3 Å². The SMILES string of the molecule is O=Cc1cn(-c2cccc([N+](=O)[O-])c2)nc1-c1cccs1. The molecule has 7 heteroatoms. The molecule has 3 aromatic rings. The number of non-ortho nitro benzene ring substituents is 1. The van der Waals surface area contributed by atoms with Crippen molar-refractivity contribution in [2.75, 3.05) is 0 Å². The molecule has 0 spiro atoms. The molecule has 21 heavy (non-hydrogen) atoms. The number of aldehydes is 1. The normalized spacial score (nSPS) is 10.5. The fourth-order valence-corrected chi connectivity index (χ4v) is 2.69. The van der Waals surface area contributed by atoms with Gasteiger partial charge < -0.3 is 0 Å². The summed E-state index contributed by atoms with van der Waals surface area (Å²) in [6.07, 6.45) is 2.30. The van der Waals surface area contributed by atoms with Gasteiger partial charge in [0, 0.05) is 18.3 Å². The number of rotatable bonds is 4. The van der Waals surface area contributed by atoms with Gasteiger partial charge in [-0.15, -0.1) is 11.3 Å². The minimum Gasteiger partial charge on any atom is -0.298 e. The zero-order valence-corrected chi connectivity index (χ0v) is 11.5. The highest BCUT2D eigenvalue weighted by Gasteiger charge is 2.14. The van der Waals surface area contributed by atoms with E-state index in [9.17, 15) is 14.9 Å². The topological polar surface area (TPSA) is 78.0 Å². The lowest BCUT2D eigenvalue weighted by atomic mass is 10.2. The molecule has 1 aromatic carbocycles. The summed E-state index contributed by atoms with van der Waals surface area (Å²) in [5, 5.41) is 17.1. The summed E-state index contributed by atoms with van der Waals surface area (Å²) >= 11 is 1.48. The molecule has 0 atom stereocenters. The van der Waals surface area contributed by atoms with Crippen LogP contribution in [0.3, 0.4) is 0 Å². The molecule has 0 aliphatic heterocycles. The average molecular weight is 299 g/mol. The largest absolute Gasteiger partial charge is 0.298 e. The van der Waals surface area contributed by atoms with E-state index in [1.807, 2.05) is 17.5 Å². The van der Waals surface area contributed by atoms with Crippen LogP contribution in [0.5, 0.6) is 0 Å². The number of aromatic nitrogens is 2. The zero-order valence-electron chi connectivity index (χ0n) is 10.7. The number of nitro groups is 1. The Morgan fingerprint density at radius 3 is 2.81 bits per heavy atom. The number of hydrogen-bond acceptors (Lipinski definition) is 5. The molecule has 0 unspecified atom stereocenters. The van der Waals surface area contributed by atoms with Crippen LogP contribution in [0.2, 0.25) is 0 Å². The molecule has 0 saturated carbocycles. The van der Waals surface area contributed by atoms with Crippen LogP contribution in [-0.4, -0.2) is 21.0 Å². The molecule has 0 aliphatic rings. The van der Waals surface area contributed by atoms with Crippen LogP contribution >= 0.6 is 11.3 Å². The van der Waals surface area contributed by atoms with E-state index in [0.29, 0.717) is 16.9 Å². The minimum atomic E-state index is -0.464. The Balaban J connectivity index is 2.10. The van der Waals surface area contributed by atoms with E-state index < -0.39 is 4.92 Å². The Morgan fingerprint density at radius 2 is 2.14 bits per heavy atom. The van der Waals surface area contributed by atoms with Gasteiger partial charge in [0.25, 0.3) is 5.69 Å². The van der Waals surface area contributed by atoms with Crippen molar-refractivity contribution < 1.29 is 9.72 Å². The second-order valence-corrected chi connectivity index (χ2v) is 5.20. The first-order chi connectivity index (χ1) is 10.2. The lowest BCUT2D eigenvalue weighted by Gasteiger charge is -2.00. The van der Waals surface area contributed by atoms with Gasteiger partial charge in [0.15, 0.2) is 6.29 Å². The van der Waals surface area contributed by atoms with E-state index in [4.69, 9.17) is 0 Å². The van der Waals surface area contributed by atoms with Gasteiger partial charge in [0.1, 0.15) is 5.69 Å². The molecule has 0 saturated heterocycles. The molecule has 0 amide bonds. The number of nitro benzene ring substituents is 1. The van der Waals surface area contributed by atoms with E-state index >= 15 is 0 Å². The predicted molar refractivity (Wildman–Crippen MR) is 78.9 cm³/mol. The van der Waals surface area contributed by atoms with E-state index in [1.54, 1.807) is 18.3 Å². The molecule has 0 bridgehead atoms. The lowest BCUT2D eigenvalue weighted by Crippen LogP contribution is -1.96. The molecular weight excluding hydrogens is 290 g/mol. The Kier molecular flexibility index (Phi) is 3.33. The summed E-state index contributed by atoms with van der Waals surface area (Å²) < 4.78 is 1.48. The van der Waals surface area contributed by atoms with E-state index in [0.717, 1.165) is 11.2 Å². The van der Waals surface area contributed by atoms with Gasteiger partial charge in [0.05, 0.1) is 21.1 Å². The third-order valence-corrected chi connectivity index (χ3v) is 3.81. The van der Waals surface area contributed by atoms with Crippen LogP contribution in [0.15, 0.2) is 48.0 Å². The second-order valence-electron chi connectivity index (χ2n) is 4.25. The van der Waals surface area contributed by atoms with Crippen LogP contribution in [0, 0.1) is 10.1 Å². The van der Waals surface area contributed by atoms with Gasteiger partial charge in [-0.1, -0.05) is 12.1 Å². The number of nitrogens with zero attached hydrogens (tertiary/aromatic N) is 3. The Morgan fingerprint density at radius 1 is 1.29 bits per heavy atom. The first-order valence-corrected chi connectivity index (χ1v) is 6.90. The quantitative estimate of drug-likeness (QED) is 0.420. The summed E-state index contributed by atoms with van der Waals surface area (Å²) in [7, 11) is 0.